The van der Waals surface area contributed by atoms with Crippen LogP contribution in [0.2, 0.25) is 0 Å². The number of nitrogen functional groups attached to an aromatic ring is 1. The maximum absolute atomic E-state index is 5.97. The van der Waals surface area contributed by atoms with E-state index in [0.29, 0.717) is 11.6 Å². The van der Waals surface area contributed by atoms with Crippen molar-refractivity contribution in [3.05, 3.63) is 23.8 Å². The summed E-state index contributed by atoms with van der Waals surface area (Å²) in [5, 5.41) is 7.73. The summed E-state index contributed by atoms with van der Waals surface area (Å²) in [6.07, 6.45) is 1.71. The SMILES string of the molecule is Cc1nc(N)c2c(-c3ccn[nH]3)c(C)[nH]c2n1. The second kappa shape index (κ2) is 3.31. The number of H-pyrrole nitrogens is 2. The van der Waals surface area contributed by atoms with E-state index in [4.69, 9.17) is 5.73 Å². The highest BCUT2D eigenvalue weighted by Gasteiger charge is 2.16. The number of hydrogen-bond donors (Lipinski definition) is 3. The van der Waals surface area contributed by atoms with Gasteiger partial charge in [-0.3, -0.25) is 5.10 Å². The van der Waals surface area contributed by atoms with Crippen molar-refractivity contribution in [3.8, 4) is 11.3 Å². The highest BCUT2D eigenvalue weighted by atomic mass is 15.1. The van der Waals surface area contributed by atoms with E-state index in [0.717, 1.165) is 28.0 Å². The minimum Gasteiger partial charge on any atom is -0.383 e. The normalized spacial score (nSPS) is 11.2. The highest BCUT2D eigenvalue weighted by Crippen LogP contribution is 2.32. The van der Waals surface area contributed by atoms with Gasteiger partial charge in [-0.2, -0.15) is 5.10 Å². The number of anilines is 1. The molecule has 0 saturated heterocycles. The number of aryl methyl sites for hydroxylation is 2. The quantitative estimate of drug-likeness (QED) is 0.588. The average Bonchev–Trinajstić information content (AvgIpc) is 2.83. The Morgan fingerprint density at radius 3 is 2.76 bits per heavy atom. The van der Waals surface area contributed by atoms with E-state index in [1.165, 1.54) is 0 Å². The van der Waals surface area contributed by atoms with Crippen LogP contribution in [0.3, 0.4) is 0 Å². The first-order chi connectivity index (χ1) is 8.16. The van der Waals surface area contributed by atoms with Gasteiger partial charge in [-0.05, 0) is 19.9 Å². The lowest BCUT2D eigenvalue weighted by Gasteiger charge is -2.00. The Labute approximate surface area is 97.3 Å². The molecule has 0 bridgehead atoms. The number of rotatable bonds is 1. The standard InChI is InChI=1S/C11H12N6/c1-5-8(7-3-4-13-17-7)9-10(12)15-6(2)16-11(9)14-5/h3-4H,1-2H3,(H,13,17)(H3,12,14,15,16). The Balaban J connectivity index is 2.42. The number of hydrogen-bond acceptors (Lipinski definition) is 4. The molecule has 86 valence electrons. The lowest BCUT2D eigenvalue weighted by Crippen LogP contribution is -1.96. The first-order valence-electron chi connectivity index (χ1n) is 5.29. The molecule has 17 heavy (non-hydrogen) atoms. The average molecular weight is 228 g/mol. The van der Waals surface area contributed by atoms with Crippen molar-refractivity contribution in [1.82, 2.24) is 25.1 Å². The lowest BCUT2D eigenvalue weighted by molar-refractivity contribution is 1.08. The molecule has 3 heterocycles. The summed E-state index contributed by atoms with van der Waals surface area (Å²) < 4.78 is 0. The van der Waals surface area contributed by atoms with E-state index in [-0.39, 0.29) is 0 Å². The minimum absolute atomic E-state index is 0.487. The molecule has 0 aliphatic rings. The van der Waals surface area contributed by atoms with Crippen molar-refractivity contribution >= 4 is 16.9 Å². The van der Waals surface area contributed by atoms with E-state index in [1.807, 2.05) is 19.9 Å². The molecule has 0 spiro atoms. The van der Waals surface area contributed by atoms with Crippen molar-refractivity contribution in [1.29, 1.82) is 0 Å². The van der Waals surface area contributed by atoms with Crippen LogP contribution in [0.15, 0.2) is 12.3 Å². The fourth-order valence-electron chi connectivity index (χ4n) is 2.09. The Morgan fingerprint density at radius 1 is 1.24 bits per heavy atom. The van der Waals surface area contributed by atoms with Gasteiger partial charge in [-0.1, -0.05) is 0 Å². The Bertz CT molecular complexity index is 680. The van der Waals surface area contributed by atoms with Crippen molar-refractivity contribution < 1.29 is 0 Å². The van der Waals surface area contributed by atoms with Crippen molar-refractivity contribution in [2.75, 3.05) is 5.73 Å². The van der Waals surface area contributed by atoms with Crippen molar-refractivity contribution in [2.45, 2.75) is 13.8 Å². The van der Waals surface area contributed by atoms with Crippen LogP contribution in [0.5, 0.6) is 0 Å². The molecule has 0 fully saturated rings. The van der Waals surface area contributed by atoms with Crippen LogP contribution in [0.25, 0.3) is 22.3 Å². The number of fused-ring (bicyclic) bond motifs is 1. The number of aromatic amines is 2. The Morgan fingerprint density at radius 2 is 2.06 bits per heavy atom. The zero-order chi connectivity index (χ0) is 12.0. The molecular weight excluding hydrogens is 216 g/mol. The lowest BCUT2D eigenvalue weighted by atomic mass is 10.1. The van der Waals surface area contributed by atoms with Crippen molar-refractivity contribution in [3.63, 3.8) is 0 Å². The molecule has 0 amide bonds. The fraction of sp³-hybridized carbons (Fsp3) is 0.182. The zero-order valence-electron chi connectivity index (χ0n) is 9.57. The van der Waals surface area contributed by atoms with Gasteiger partial charge in [0.1, 0.15) is 17.3 Å². The summed E-state index contributed by atoms with van der Waals surface area (Å²) >= 11 is 0. The summed E-state index contributed by atoms with van der Waals surface area (Å²) in [7, 11) is 0. The molecular formula is C11H12N6. The van der Waals surface area contributed by atoms with Crippen LogP contribution in [0.4, 0.5) is 5.82 Å². The molecule has 0 aliphatic heterocycles. The van der Waals surface area contributed by atoms with E-state index in [9.17, 15) is 0 Å². The molecule has 0 unspecified atom stereocenters. The van der Waals surface area contributed by atoms with Crippen LogP contribution < -0.4 is 5.73 Å². The smallest absolute Gasteiger partial charge is 0.144 e. The van der Waals surface area contributed by atoms with Gasteiger partial charge in [0.05, 0.1) is 11.1 Å². The fourth-order valence-corrected chi connectivity index (χ4v) is 2.09. The summed E-state index contributed by atoms with van der Waals surface area (Å²) in [5.74, 6) is 1.15. The van der Waals surface area contributed by atoms with Gasteiger partial charge in [-0.15, -0.1) is 0 Å². The number of nitrogens with two attached hydrogens (primary N) is 1. The molecule has 0 aliphatic carbocycles. The largest absolute Gasteiger partial charge is 0.383 e. The van der Waals surface area contributed by atoms with Gasteiger partial charge in [0.2, 0.25) is 0 Å². The molecule has 3 rings (SSSR count). The molecule has 4 N–H and O–H groups in total. The second-order valence-corrected chi connectivity index (χ2v) is 3.97. The number of nitrogens with one attached hydrogen (secondary N) is 2. The van der Waals surface area contributed by atoms with Crippen LogP contribution in [0.1, 0.15) is 11.5 Å². The molecule has 6 heteroatoms. The topological polar surface area (TPSA) is 96.3 Å². The van der Waals surface area contributed by atoms with E-state index in [2.05, 4.69) is 25.1 Å². The molecule has 3 aromatic heterocycles. The third-order valence-electron chi connectivity index (χ3n) is 2.75. The van der Waals surface area contributed by atoms with Crippen LogP contribution >= 0.6 is 0 Å². The molecule has 0 saturated carbocycles. The van der Waals surface area contributed by atoms with Gasteiger partial charge in [0.15, 0.2) is 0 Å². The number of aromatic nitrogens is 5. The van der Waals surface area contributed by atoms with Gasteiger partial charge in [-0.25, -0.2) is 9.97 Å². The third kappa shape index (κ3) is 1.37. The van der Waals surface area contributed by atoms with E-state index >= 15 is 0 Å². The molecule has 0 radical (unpaired) electrons. The molecule has 0 aromatic carbocycles. The third-order valence-corrected chi connectivity index (χ3v) is 2.75. The number of nitrogens with zero attached hydrogens (tertiary/aromatic N) is 3. The molecule has 0 atom stereocenters. The molecule has 3 aromatic rings. The first-order valence-corrected chi connectivity index (χ1v) is 5.29. The Hall–Kier alpha value is -2.37. The van der Waals surface area contributed by atoms with Crippen LogP contribution in [-0.2, 0) is 0 Å². The summed E-state index contributed by atoms with van der Waals surface area (Å²) in [6, 6.07) is 1.90. The summed E-state index contributed by atoms with van der Waals surface area (Å²) in [5.41, 5.74) is 9.62. The van der Waals surface area contributed by atoms with E-state index < -0.39 is 0 Å². The maximum Gasteiger partial charge on any atom is 0.144 e. The van der Waals surface area contributed by atoms with Gasteiger partial charge in [0, 0.05) is 17.5 Å². The van der Waals surface area contributed by atoms with Gasteiger partial charge < -0.3 is 10.7 Å². The van der Waals surface area contributed by atoms with Crippen LogP contribution in [-0.4, -0.2) is 25.1 Å². The predicted molar refractivity (Wildman–Crippen MR) is 65.4 cm³/mol. The second-order valence-electron chi connectivity index (χ2n) is 3.97. The zero-order valence-corrected chi connectivity index (χ0v) is 9.57. The van der Waals surface area contributed by atoms with Crippen molar-refractivity contribution in [2.24, 2.45) is 0 Å². The molecule has 6 nitrogen and oxygen atoms in total. The van der Waals surface area contributed by atoms with Gasteiger partial charge in [0.25, 0.3) is 0 Å². The summed E-state index contributed by atoms with van der Waals surface area (Å²) in [4.78, 5) is 11.8. The minimum atomic E-state index is 0.487. The first kappa shape index (κ1) is 9.83. The van der Waals surface area contributed by atoms with E-state index in [1.54, 1.807) is 6.20 Å². The highest BCUT2D eigenvalue weighted by molar-refractivity contribution is 6.01. The monoisotopic (exact) mass is 228 g/mol. The summed E-state index contributed by atoms with van der Waals surface area (Å²) in [6.45, 7) is 3.80. The maximum atomic E-state index is 5.97. The predicted octanol–water partition coefficient (Wildman–Crippen LogP) is 1.55. The van der Waals surface area contributed by atoms with Crippen LogP contribution in [0, 0.1) is 13.8 Å². The van der Waals surface area contributed by atoms with Gasteiger partial charge >= 0.3 is 0 Å². The Kier molecular flexibility index (Phi) is 1.91.